The molecule has 0 amide bonds. The fourth-order valence-corrected chi connectivity index (χ4v) is 1.46. The minimum Gasteiger partial charge on any atom is -0.271 e. The van der Waals surface area contributed by atoms with Gasteiger partial charge < -0.3 is 0 Å². The van der Waals surface area contributed by atoms with Crippen LogP contribution in [-0.4, -0.2) is 15.8 Å². The fraction of sp³-hybridized carbons (Fsp3) is 0.667. The van der Waals surface area contributed by atoms with Crippen LogP contribution in [0.1, 0.15) is 24.6 Å². The molecule has 0 aliphatic rings. The minimum absolute atomic E-state index is 0.134. The Balaban J connectivity index is 2.49. The van der Waals surface area contributed by atoms with E-state index in [2.05, 4.69) is 15.0 Å². The number of rotatable bonds is 4. The summed E-state index contributed by atoms with van der Waals surface area (Å²) < 4.78 is 39.2. The standard InChI is InChI=1S/C6H9F3N4S/c7-6(8,9)2-1-4(11-10)5-3-14-13-12-5/h3-4,11H,1-2,10H2. The van der Waals surface area contributed by atoms with Crippen LogP contribution in [0.5, 0.6) is 0 Å². The Morgan fingerprint density at radius 3 is 2.71 bits per heavy atom. The van der Waals surface area contributed by atoms with E-state index in [9.17, 15) is 13.2 Å². The van der Waals surface area contributed by atoms with Crippen LogP contribution in [0.2, 0.25) is 0 Å². The summed E-state index contributed by atoms with van der Waals surface area (Å²) in [6.07, 6.45) is -5.19. The van der Waals surface area contributed by atoms with Crippen LogP contribution in [0, 0.1) is 0 Å². The highest BCUT2D eigenvalue weighted by atomic mass is 32.1. The maximum absolute atomic E-state index is 11.9. The molecule has 0 aromatic carbocycles. The van der Waals surface area contributed by atoms with Crippen LogP contribution in [0.15, 0.2) is 5.38 Å². The number of hydrogen-bond donors (Lipinski definition) is 2. The Labute approximate surface area is 82.4 Å². The van der Waals surface area contributed by atoms with E-state index in [1.807, 2.05) is 0 Å². The molecular weight excluding hydrogens is 217 g/mol. The van der Waals surface area contributed by atoms with Crippen molar-refractivity contribution in [2.45, 2.75) is 25.1 Å². The molecule has 14 heavy (non-hydrogen) atoms. The van der Waals surface area contributed by atoms with Crippen molar-refractivity contribution in [1.82, 2.24) is 15.0 Å². The lowest BCUT2D eigenvalue weighted by Gasteiger charge is -2.13. The molecule has 0 saturated heterocycles. The third-order valence-corrected chi connectivity index (χ3v) is 2.17. The zero-order chi connectivity index (χ0) is 10.6. The van der Waals surface area contributed by atoms with Gasteiger partial charge in [0.1, 0.15) is 0 Å². The van der Waals surface area contributed by atoms with Crippen LogP contribution < -0.4 is 11.3 Å². The summed E-state index contributed by atoms with van der Waals surface area (Å²) in [5.41, 5.74) is 2.73. The predicted octanol–water partition coefficient (Wildman–Crippen LogP) is 1.39. The quantitative estimate of drug-likeness (QED) is 0.601. The molecule has 0 fully saturated rings. The van der Waals surface area contributed by atoms with Gasteiger partial charge in [0.05, 0.1) is 11.7 Å². The van der Waals surface area contributed by atoms with Gasteiger partial charge in [-0.15, -0.1) is 5.10 Å². The van der Waals surface area contributed by atoms with Gasteiger partial charge in [0, 0.05) is 11.8 Å². The second-order valence-corrected chi connectivity index (χ2v) is 3.31. The normalized spacial score (nSPS) is 14.3. The number of nitrogens with zero attached hydrogens (tertiary/aromatic N) is 2. The van der Waals surface area contributed by atoms with E-state index in [1.165, 1.54) is 0 Å². The van der Waals surface area contributed by atoms with Gasteiger partial charge in [0.2, 0.25) is 0 Å². The largest absolute Gasteiger partial charge is 0.389 e. The molecule has 1 rings (SSSR count). The first-order chi connectivity index (χ1) is 6.53. The van der Waals surface area contributed by atoms with Gasteiger partial charge >= 0.3 is 6.18 Å². The van der Waals surface area contributed by atoms with Crippen molar-refractivity contribution in [3.05, 3.63) is 11.1 Å². The molecule has 0 saturated carbocycles. The average molecular weight is 226 g/mol. The average Bonchev–Trinajstić information content (AvgIpc) is 2.56. The first kappa shape index (κ1) is 11.3. The number of hydrogen-bond acceptors (Lipinski definition) is 5. The molecule has 3 N–H and O–H groups in total. The van der Waals surface area contributed by atoms with Crippen LogP contribution in [0.4, 0.5) is 13.2 Å². The summed E-state index contributed by atoms with van der Waals surface area (Å²) in [5, 5.41) is 5.22. The first-order valence-corrected chi connectivity index (χ1v) is 4.66. The molecule has 0 aliphatic heterocycles. The number of aromatic nitrogens is 2. The van der Waals surface area contributed by atoms with Gasteiger partial charge in [-0.2, -0.15) is 13.2 Å². The lowest BCUT2D eigenvalue weighted by molar-refractivity contribution is -0.136. The smallest absolute Gasteiger partial charge is 0.271 e. The van der Waals surface area contributed by atoms with Crippen molar-refractivity contribution in [3.63, 3.8) is 0 Å². The molecular formula is C6H9F3N4S. The highest BCUT2D eigenvalue weighted by Gasteiger charge is 2.29. The highest BCUT2D eigenvalue weighted by molar-refractivity contribution is 7.03. The van der Waals surface area contributed by atoms with E-state index in [4.69, 9.17) is 5.84 Å². The number of hydrazine groups is 1. The van der Waals surface area contributed by atoms with Crippen LogP contribution >= 0.6 is 11.5 Å². The second-order valence-electron chi connectivity index (χ2n) is 2.70. The number of nitrogens with two attached hydrogens (primary N) is 1. The molecule has 0 aliphatic carbocycles. The number of nitrogens with one attached hydrogen (secondary N) is 1. The van der Waals surface area contributed by atoms with Gasteiger partial charge in [-0.1, -0.05) is 4.49 Å². The molecule has 1 aromatic rings. The van der Waals surface area contributed by atoms with Crippen molar-refractivity contribution in [3.8, 4) is 0 Å². The third kappa shape index (κ3) is 3.56. The van der Waals surface area contributed by atoms with Crippen molar-refractivity contribution in [1.29, 1.82) is 0 Å². The summed E-state index contributed by atoms with van der Waals surface area (Å²) >= 11 is 1.08. The van der Waals surface area contributed by atoms with Gasteiger partial charge in [-0.25, -0.2) is 0 Å². The Morgan fingerprint density at radius 1 is 1.57 bits per heavy atom. The summed E-state index contributed by atoms with van der Waals surface area (Å²) in [7, 11) is 0. The first-order valence-electron chi connectivity index (χ1n) is 3.83. The molecule has 0 spiro atoms. The maximum Gasteiger partial charge on any atom is 0.389 e. The minimum atomic E-state index is -4.17. The lowest BCUT2D eigenvalue weighted by Crippen LogP contribution is -2.29. The third-order valence-electron chi connectivity index (χ3n) is 1.65. The van der Waals surface area contributed by atoms with Gasteiger partial charge in [0.15, 0.2) is 0 Å². The zero-order valence-corrected chi connectivity index (χ0v) is 7.90. The molecule has 0 radical (unpaired) electrons. The molecule has 1 unspecified atom stereocenters. The summed E-state index contributed by atoms with van der Waals surface area (Å²) in [6.45, 7) is 0. The van der Waals surface area contributed by atoms with E-state index >= 15 is 0 Å². The molecule has 1 atom stereocenters. The van der Waals surface area contributed by atoms with E-state index in [1.54, 1.807) is 5.38 Å². The van der Waals surface area contributed by atoms with Crippen molar-refractivity contribution in [2.24, 2.45) is 5.84 Å². The summed E-state index contributed by atoms with van der Waals surface area (Å²) in [4.78, 5) is 0. The van der Waals surface area contributed by atoms with Crippen molar-refractivity contribution < 1.29 is 13.2 Å². The molecule has 8 heteroatoms. The van der Waals surface area contributed by atoms with E-state index in [-0.39, 0.29) is 6.42 Å². The second kappa shape index (κ2) is 4.67. The summed E-state index contributed by atoms with van der Waals surface area (Å²) in [5.74, 6) is 5.11. The Hall–Kier alpha value is -0.730. The van der Waals surface area contributed by atoms with E-state index < -0.39 is 18.6 Å². The predicted molar refractivity (Wildman–Crippen MR) is 45.3 cm³/mol. The zero-order valence-electron chi connectivity index (χ0n) is 7.08. The Morgan fingerprint density at radius 2 is 2.29 bits per heavy atom. The Bertz CT molecular complexity index is 261. The van der Waals surface area contributed by atoms with Gasteiger partial charge in [0.25, 0.3) is 0 Å². The lowest BCUT2D eigenvalue weighted by atomic mass is 10.1. The van der Waals surface area contributed by atoms with Gasteiger partial charge in [-0.3, -0.25) is 11.3 Å². The van der Waals surface area contributed by atoms with Crippen LogP contribution in [0.3, 0.4) is 0 Å². The maximum atomic E-state index is 11.9. The van der Waals surface area contributed by atoms with Crippen molar-refractivity contribution in [2.75, 3.05) is 0 Å². The fourth-order valence-electron chi connectivity index (χ4n) is 0.948. The van der Waals surface area contributed by atoms with E-state index in [0.717, 1.165) is 11.5 Å². The topological polar surface area (TPSA) is 63.8 Å². The van der Waals surface area contributed by atoms with Crippen LogP contribution in [0.25, 0.3) is 0 Å². The SMILES string of the molecule is NNC(CCC(F)(F)F)c1csnn1. The van der Waals surface area contributed by atoms with E-state index in [0.29, 0.717) is 5.69 Å². The molecule has 80 valence electrons. The summed E-state index contributed by atoms with van der Waals surface area (Å²) in [6, 6.07) is -0.588. The number of halogens is 3. The molecule has 4 nitrogen and oxygen atoms in total. The molecule has 1 heterocycles. The highest BCUT2D eigenvalue weighted by Crippen LogP contribution is 2.26. The number of alkyl halides is 3. The molecule has 0 bridgehead atoms. The van der Waals surface area contributed by atoms with Gasteiger partial charge in [-0.05, 0) is 18.0 Å². The monoisotopic (exact) mass is 226 g/mol. The van der Waals surface area contributed by atoms with Crippen molar-refractivity contribution >= 4 is 11.5 Å². The van der Waals surface area contributed by atoms with Crippen LogP contribution in [-0.2, 0) is 0 Å². The molecule has 1 aromatic heterocycles. The Kier molecular flexibility index (Phi) is 3.78.